The standard InChI is InChI=1S/C24H24BrN3OS2/c1-3-22(23(29)26-18-13-9-17(25)10-14-18)31-21-6-4-5-20(15-21)28-24(30)27-19-11-7-16(2)8-12-19/h4-15,22H,3H2,1-2H3,(H,26,29)(H2,27,28,30). The van der Waals surface area contributed by atoms with Gasteiger partial charge in [0.1, 0.15) is 0 Å². The molecule has 1 unspecified atom stereocenters. The van der Waals surface area contributed by atoms with Crippen LogP contribution in [0, 0.1) is 6.92 Å². The topological polar surface area (TPSA) is 53.2 Å². The molecule has 0 spiro atoms. The number of carbonyl (C=O) groups excluding carboxylic acids is 1. The van der Waals surface area contributed by atoms with Crippen LogP contribution in [0.25, 0.3) is 0 Å². The maximum absolute atomic E-state index is 12.7. The largest absolute Gasteiger partial charge is 0.332 e. The summed E-state index contributed by atoms with van der Waals surface area (Å²) in [5, 5.41) is 9.71. The first-order valence-corrected chi connectivity index (χ1v) is 12.0. The number of benzene rings is 3. The normalized spacial score (nSPS) is 11.5. The molecule has 1 amide bonds. The van der Waals surface area contributed by atoms with Gasteiger partial charge in [-0.05, 0) is 80.2 Å². The van der Waals surface area contributed by atoms with Gasteiger partial charge in [-0.3, -0.25) is 4.79 Å². The van der Waals surface area contributed by atoms with E-state index < -0.39 is 0 Å². The lowest BCUT2D eigenvalue weighted by Crippen LogP contribution is -2.24. The molecule has 0 saturated heterocycles. The van der Waals surface area contributed by atoms with Crippen LogP contribution in [-0.2, 0) is 4.79 Å². The molecule has 0 radical (unpaired) electrons. The summed E-state index contributed by atoms with van der Waals surface area (Å²) < 4.78 is 0.978. The predicted octanol–water partition coefficient (Wildman–Crippen LogP) is 7.08. The van der Waals surface area contributed by atoms with Crippen molar-refractivity contribution in [3.8, 4) is 0 Å². The Morgan fingerprint density at radius 3 is 2.23 bits per heavy atom. The van der Waals surface area contributed by atoms with Gasteiger partial charge in [-0.2, -0.15) is 0 Å². The molecule has 3 aromatic rings. The summed E-state index contributed by atoms with van der Waals surface area (Å²) in [5.41, 5.74) is 3.79. The van der Waals surface area contributed by atoms with Gasteiger partial charge < -0.3 is 16.0 Å². The summed E-state index contributed by atoms with van der Waals surface area (Å²) in [7, 11) is 0. The fourth-order valence-corrected chi connectivity index (χ4v) is 4.33. The van der Waals surface area contributed by atoms with E-state index in [1.54, 1.807) is 11.8 Å². The highest BCUT2D eigenvalue weighted by Gasteiger charge is 2.18. The third-order valence-corrected chi connectivity index (χ3v) is 6.55. The molecule has 0 aliphatic heterocycles. The highest BCUT2D eigenvalue weighted by molar-refractivity contribution is 9.10. The Balaban J connectivity index is 1.60. The maximum Gasteiger partial charge on any atom is 0.237 e. The third kappa shape index (κ3) is 7.38. The molecule has 0 heterocycles. The van der Waals surface area contributed by atoms with E-state index in [0.29, 0.717) is 5.11 Å². The molecule has 0 aromatic heterocycles. The van der Waals surface area contributed by atoms with Gasteiger partial charge in [0.05, 0.1) is 5.25 Å². The smallest absolute Gasteiger partial charge is 0.237 e. The number of thiocarbonyl (C=S) groups is 1. The van der Waals surface area contributed by atoms with Crippen LogP contribution in [0.5, 0.6) is 0 Å². The Bertz CT molecular complexity index is 1040. The van der Waals surface area contributed by atoms with Crippen molar-refractivity contribution >= 4 is 68.0 Å². The molecule has 0 saturated carbocycles. The average molecular weight is 515 g/mol. The molecule has 7 heteroatoms. The molecule has 0 bridgehead atoms. The molecule has 0 aliphatic rings. The number of thioether (sulfide) groups is 1. The van der Waals surface area contributed by atoms with Crippen molar-refractivity contribution in [2.24, 2.45) is 0 Å². The fraction of sp³-hybridized carbons (Fsp3) is 0.167. The molecule has 3 N–H and O–H groups in total. The van der Waals surface area contributed by atoms with E-state index in [1.165, 1.54) is 5.56 Å². The van der Waals surface area contributed by atoms with E-state index in [9.17, 15) is 4.79 Å². The molecule has 0 aliphatic carbocycles. The molecular formula is C24H24BrN3OS2. The first-order valence-electron chi connectivity index (χ1n) is 9.91. The Kier molecular flexibility index (Phi) is 8.51. The zero-order valence-corrected chi connectivity index (χ0v) is 20.5. The maximum atomic E-state index is 12.7. The molecule has 1 atom stereocenters. The van der Waals surface area contributed by atoms with Crippen LogP contribution in [0.2, 0.25) is 0 Å². The van der Waals surface area contributed by atoms with E-state index in [2.05, 4.69) is 31.9 Å². The second-order valence-corrected chi connectivity index (χ2v) is 9.58. The van der Waals surface area contributed by atoms with E-state index in [-0.39, 0.29) is 11.2 Å². The minimum absolute atomic E-state index is 0.00950. The van der Waals surface area contributed by atoms with Crippen LogP contribution in [0.15, 0.2) is 82.2 Å². The van der Waals surface area contributed by atoms with Crippen molar-refractivity contribution in [1.82, 2.24) is 0 Å². The molecule has 3 aromatic carbocycles. The molecular weight excluding hydrogens is 490 g/mol. The zero-order chi connectivity index (χ0) is 22.2. The van der Waals surface area contributed by atoms with Gasteiger partial charge in [-0.25, -0.2) is 0 Å². The Morgan fingerprint density at radius 2 is 1.55 bits per heavy atom. The zero-order valence-electron chi connectivity index (χ0n) is 17.3. The Hall–Kier alpha value is -2.35. The van der Waals surface area contributed by atoms with Crippen molar-refractivity contribution < 1.29 is 4.79 Å². The van der Waals surface area contributed by atoms with Gasteiger partial charge in [-0.15, -0.1) is 11.8 Å². The summed E-state index contributed by atoms with van der Waals surface area (Å²) in [4.78, 5) is 13.7. The molecule has 160 valence electrons. The number of rotatable bonds is 7. The van der Waals surface area contributed by atoms with Crippen molar-refractivity contribution in [1.29, 1.82) is 0 Å². The van der Waals surface area contributed by atoms with Gasteiger partial charge in [0.15, 0.2) is 5.11 Å². The van der Waals surface area contributed by atoms with Crippen LogP contribution in [0.4, 0.5) is 17.1 Å². The highest BCUT2D eigenvalue weighted by atomic mass is 79.9. The third-order valence-electron chi connectivity index (χ3n) is 4.45. The van der Waals surface area contributed by atoms with Crippen molar-refractivity contribution in [2.75, 3.05) is 16.0 Å². The van der Waals surface area contributed by atoms with Gasteiger partial charge in [0.25, 0.3) is 0 Å². The number of hydrogen-bond acceptors (Lipinski definition) is 3. The van der Waals surface area contributed by atoms with Gasteiger partial charge in [0, 0.05) is 26.4 Å². The van der Waals surface area contributed by atoms with Crippen LogP contribution >= 0.6 is 39.9 Å². The van der Waals surface area contributed by atoms with Crippen molar-refractivity contribution in [3.05, 3.63) is 82.8 Å². The van der Waals surface area contributed by atoms with Crippen LogP contribution in [-0.4, -0.2) is 16.3 Å². The van der Waals surface area contributed by atoms with E-state index in [0.717, 1.165) is 32.9 Å². The first-order chi connectivity index (χ1) is 14.9. The number of halogens is 1. The number of aryl methyl sites for hydroxylation is 1. The first kappa shape index (κ1) is 23.3. The molecule has 4 nitrogen and oxygen atoms in total. The molecule has 0 fully saturated rings. The average Bonchev–Trinajstić information content (AvgIpc) is 2.75. The van der Waals surface area contributed by atoms with Crippen molar-refractivity contribution in [2.45, 2.75) is 30.4 Å². The number of anilines is 3. The second kappa shape index (κ2) is 11.3. The van der Waals surface area contributed by atoms with Crippen LogP contribution < -0.4 is 16.0 Å². The minimum atomic E-state index is -0.198. The summed E-state index contributed by atoms with van der Waals surface area (Å²) in [5.74, 6) is -0.00950. The quantitative estimate of drug-likeness (QED) is 0.233. The van der Waals surface area contributed by atoms with Gasteiger partial charge in [-0.1, -0.05) is 46.6 Å². The minimum Gasteiger partial charge on any atom is -0.332 e. The Morgan fingerprint density at radius 1 is 0.935 bits per heavy atom. The number of amides is 1. The van der Waals surface area contributed by atoms with Crippen molar-refractivity contribution in [3.63, 3.8) is 0 Å². The number of carbonyl (C=O) groups is 1. The van der Waals surface area contributed by atoms with E-state index in [1.807, 2.05) is 86.6 Å². The SMILES string of the molecule is CCC(Sc1cccc(NC(=S)Nc2ccc(C)cc2)c1)C(=O)Nc1ccc(Br)cc1. The number of hydrogen-bond donors (Lipinski definition) is 3. The number of nitrogens with one attached hydrogen (secondary N) is 3. The second-order valence-electron chi connectivity index (χ2n) is 6.98. The van der Waals surface area contributed by atoms with Gasteiger partial charge >= 0.3 is 0 Å². The fourth-order valence-electron chi connectivity index (χ4n) is 2.82. The van der Waals surface area contributed by atoms with E-state index >= 15 is 0 Å². The Labute approximate surface area is 201 Å². The summed E-state index contributed by atoms with van der Waals surface area (Å²) in [6.45, 7) is 4.06. The van der Waals surface area contributed by atoms with Crippen LogP contribution in [0.3, 0.4) is 0 Å². The van der Waals surface area contributed by atoms with Gasteiger partial charge in [0.2, 0.25) is 5.91 Å². The van der Waals surface area contributed by atoms with Crippen LogP contribution in [0.1, 0.15) is 18.9 Å². The lowest BCUT2D eigenvalue weighted by atomic mass is 10.2. The predicted molar refractivity (Wildman–Crippen MR) is 140 cm³/mol. The van der Waals surface area contributed by atoms with E-state index in [4.69, 9.17) is 12.2 Å². The molecule has 31 heavy (non-hydrogen) atoms. The lowest BCUT2D eigenvalue weighted by molar-refractivity contribution is -0.115. The highest BCUT2D eigenvalue weighted by Crippen LogP contribution is 2.29. The monoisotopic (exact) mass is 513 g/mol. The summed E-state index contributed by atoms with van der Waals surface area (Å²) in [6, 6.07) is 23.5. The lowest BCUT2D eigenvalue weighted by Gasteiger charge is -2.16. The summed E-state index contributed by atoms with van der Waals surface area (Å²) in [6.07, 6.45) is 0.720. The summed E-state index contributed by atoms with van der Waals surface area (Å²) >= 11 is 10.4. The molecule has 3 rings (SSSR count).